The molecule has 1 aromatic rings. The van der Waals surface area contributed by atoms with Crippen LogP contribution in [0.25, 0.3) is 0 Å². The van der Waals surface area contributed by atoms with Crippen LogP contribution in [0.4, 0.5) is 0 Å². The number of nitrogens with one attached hydrogen (secondary N) is 1. The van der Waals surface area contributed by atoms with Crippen LogP contribution >= 0.6 is 0 Å². The predicted molar refractivity (Wildman–Crippen MR) is 82.7 cm³/mol. The van der Waals surface area contributed by atoms with Crippen LogP contribution in [-0.4, -0.2) is 19.3 Å². The van der Waals surface area contributed by atoms with Crippen LogP contribution in [0.1, 0.15) is 56.3 Å². The Morgan fingerprint density at radius 2 is 1.58 bits per heavy atom. The summed E-state index contributed by atoms with van der Waals surface area (Å²) in [4.78, 5) is 0. The van der Waals surface area contributed by atoms with Gasteiger partial charge in [-0.1, -0.05) is 50.1 Å². The quantitative estimate of drug-likeness (QED) is 0.797. The van der Waals surface area contributed by atoms with Crippen LogP contribution in [-0.2, 0) is 4.74 Å². The van der Waals surface area contributed by atoms with Crippen molar-refractivity contribution in [3.05, 3.63) is 34.9 Å². The van der Waals surface area contributed by atoms with Gasteiger partial charge in [0.05, 0.1) is 11.6 Å². The Balaban J connectivity index is 3.25. The van der Waals surface area contributed by atoms with Gasteiger partial charge in [-0.2, -0.15) is 0 Å². The van der Waals surface area contributed by atoms with Gasteiger partial charge < -0.3 is 10.1 Å². The maximum Gasteiger partial charge on any atom is 0.0867 e. The Hall–Kier alpha value is -0.860. The number of ether oxygens (including phenoxy) is 1. The van der Waals surface area contributed by atoms with Crippen molar-refractivity contribution in [3.63, 3.8) is 0 Å². The summed E-state index contributed by atoms with van der Waals surface area (Å²) in [5.74, 6) is 0. The van der Waals surface area contributed by atoms with E-state index < -0.39 is 0 Å². The summed E-state index contributed by atoms with van der Waals surface area (Å²) in [5.41, 5.74) is 3.84. The largest absolute Gasteiger partial charge is 0.376 e. The van der Waals surface area contributed by atoms with Crippen LogP contribution in [0, 0.1) is 13.8 Å². The monoisotopic (exact) mass is 263 g/mol. The molecule has 1 atom stereocenters. The van der Waals surface area contributed by atoms with Gasteiger partial charge in [0.2, 0.25) is 0 Å². The molecule has 0 aliphatic heterocycles. The zero-order valence-corrected chi connectivity index (χ0v) is 13.3. The van der Waals surface area contributed by atoms with Gasteiger partial charge in [0.15, 0.2) is 0 Å². The number of methoxy groups -OCH3 is 1. The minimum absolute atomic E-state index is 0.129. The van der Waals surface area contributed by atoms with Crippen molar-refractivity contribution >= 4 is 0 Å². The molecule has 0 amide bonds. The first kappa shape index (κ1) is 16.2. The first-order valence-corrected chi connectivity index (χ1v) is 7.39. The fourth-order valence-corrected chi connectivity index (χ4v) is 3.05. The highest BCUT2D eigenvalue weighted by Crippen LogP contribution is 2.35. The Morgan fingerprint density at radius 1 is 1.05 bits per heavy atom. The van der Waals surface area contributed by atoms with Gasteiger partial charge in [-0.25, -0.2) is 0 Å². The second-order valence-electron chi connectivity index (χ2n) is 5.39. The summed E-state index contributed by atoms with van der Waals surface area (Å²) in [6, 6.07) is 7.02. The molecule has 0 fully saturated rings. The lowest BCUT2D eigenvalue weighted by Gasteiger charge is -2.39. The van der Waals surface area contributed by atoms with Crippen molar-refractivity contribution in [1.29, 1.82) is 0 Å². The van der Waals surface area contributed by atoms with E-state index in [1.165, 1.54) is 16.7 Å². The number of hydrogen-bond donors (Lipinski definition) is 1. The molecule has 0 saturated carbocycles. The predicted octanol–water partition coefficient (Wildman–Crippen LogP) is 4.16. The number of likely N-dealkylation sites (N-methyl/N-ethyl adjacent to an activating group) is 1. The first-order valence-electron chi connectivity index (χ1n) is 7.39. The third-order valence-electron chi connectivity index (χ3n) is 4.12. The maximum absolute atomic E-state index is 5.92. The molecule has 2 heteroatoms. The molecular formula is C17H29NO. The third-order valence-corrected chi connectivity index (χ3v) is 4.12. The van der Waals surface area contributed by atoms with E-state index in [0.29, 0.717) is 0 Å². The standard InChI is InChI=1S/C17H29NO/c1-7-17(8-2,19-6)16(18-9-3)15-11-13(4)10-14(5)12-15/h10-12,16,18H,7-9H2,1-6H3. The van der Waals surface area contributed by atoms with Gasteiger partial charge >= 0.3 is 0 Å². The zero-order valence-electron chi connectivity index (χ0n) is 13.3. The minimum atomic E-state index is -0.129. The molecule has 1 N–H and O–H groups in total. The van der Waals surface area contributed by atoms with E-state index >= 15 is 0 Å². The third kappa shape index (κ3) is 3.58. The molecule has 0 spiro atoms. The van der Waals surface area contributed by atoms with E-state index in [9.17, 15) is 0 Å². The normalized spacial score (nSPS) is 13.6. The summed E-state index contributed by atoms with van der Waals surface area (Å²) in [5, 5.41) is 3.62. The lowest BCUT2D eigenvalue weighted by molar-refractivity contribution is -0.0482. The Morgan fingerprint density at radius 3 is 1.95 bits per heavy atom. The number of aryl methyl sites for hydroxylation is 2. The molecule has 0 aliphatic carbocycles. The number of benzene rings is 1. The molecule has 0 heterocycles. The smallest absolute Gasteiger partial charge is 0.0867 e. The van der Waals surface area contributed by atoms with E-state index in [1.54, 1.807) is 0 Å². The van der Waals surface area contributed by atoms with Crippen molar-refractivity contribution in [2.75, 3.05) is 13.7 Å². The summed E-state index contributed by atoms with van der Waals surface area (Å²) in [7, 11) is 1.83. The lowest BCUT2D eigenvalue weighted by atomic mass is 9.83. The molecule has 0 aliphatic rings. The van der Waals surface area contributed by atoms with Crippen LogP contribution in [0.5, 0.6) is 0 Å². The van der Waals surface area contributed by atoms with E-state index in [4.69, 9.17) is 4.74 Å². The maximum atomic E-state index is 5.92. The average molecular weight is 263 g/mol. The minimum Gasteiger partial charge on any atom is -0.376 e. The Kier molecular flexibility index (Phi) is 6.02. The summed E-state index contributed by atoms with van der Waals surface area (Å²) in [6.07, 6.45) is 2.01. The summed E-state index contributed by atoms with van der Waals surface area (Å²) in [6.45, 7) is 11.8. The van der Waals surface area contributed by atoms with Gasteiger partial charge in [0.25, 0.3) is 0 Å². The SMILES string of the molecule is CCNC(c1cc(C)cc(C)c1)C(CC)(CC)OC. The van der Waals surface area contributed by atoms with Crippen molar-refractivity contribution in [3.8, 4) is 0 Å². The van der Waals surface area contributed by atoms with E-state index in [-0.39, 0.29) is 11.6 Å². The second-order valence-corrected chi connectivity index (χ2v) is 5.39. The van der Waals surface area contributed by atoms with Gasteiger partial charge in [-0.3, -0.25) is 0 Å². The van der Waals surface area contributed by atoms with Crippen molar-refractivity contribution in [2.24, 2.45) is 0 Å². The van der Waals surface area contributed by atoms with Gasteiger partial charge in [-0.05, 0) is 38.8 Å². The topological polar surface area (TPSA) is 21.3 Å². The Labute approximate surface area is 118 Å². The molecule has 108 valence electrons. The number of hydrogen-bond acceptors (Lipinski definition) is 2. The molecular weight excluding hydrogens is 234 g/mol. The van der Waals surface area contributed by atoms with Crippen LogP contribution in [0.2, 0.25) is 0 Å². The molecule has 1 aromatic carbocycles. The molecule has 19 heavy (non-hydrogen) atoms. The van der Waals surface area contributed by atoms with Crippen LogP contribution < -0.4 is 5.32 Å². The van der Waals surface area contributed by atoms with E-state index in [1.807, 2.05) is 7.11 Å². The van der Waals surface area contributed by atoms with Gasteiger partial charge in [-0.15, -0.1) is 0 Å². The molecule has 0 saturated heterocycles. The Bertz CT molecular complexity index is 368. The number of rotatable bonds is 7. The molecule has 1 rings (SSSR count). The molecule has 0 bridgehead atoms. The molecule has 2 nitrogen and oxygen atoms in total. The zero-order chi connectivity index (χ0) is 14.5. The highest BCUT2D eigenvalue weighted by molar-refractivity contribution is 5.32. The highest BCUT2D eigenvalue weighted by Gasteiger charge is 2.36. The van der Waals surface area contributed by atoms with Crippen molar-refractivity contribution in [2.45, 2.75) is 59.1 Å². The van der Waals surface area contributed by atoms with Crippen molar-refractivity contribution in [1.82, 2.24) is 5.32 Å². The fraction of sp³-hybridized carbons (Fsp3) is 0.647. The second kappa shape index (κ2) is 7.06. The average Bonchev–Trinajstić information content (AvgIpc) is 2.39. The van der Waals surface area contributed by atoms with Crippen LogP contribution in [0.3, 0.4) is 0 Å². The molecule has 1 unspecified atom stereocenters. The highest BCUT2D eigenvalue weighted by atomic mass is 16.5. The van der Waals surface area contributed by atoms with Crippen LogP contribution in [0.15, 0.2) is 18.2 Å². The van der Waals surface area contributed by atoms with Gasteiger partial charge in [0.1, 0.15) is 0 Å². The molecule has 0 radical (unpaired) electrons. The van der Waals surface area contributed by atoms with Crippen molar-refractivity contribution < 1.29 is 4.74 Å². The molecule has 0 aromatic heterocycles. The summed E-state index contributed by atoms with van der Waals surface area (Å²) >= 11 is 0. The first-order chi connectivity index (χ1) is 9.02. The summed E-state index contributed by atoms with van der Waals surface area (Å²) < 4.78 is 5.92. The van der Waals surface area contributed by atoms with E-state index in [0.717, 1.165) is 19.4 Å². The fourth-order valence-electron chi connectivity index (χ4n) is 3.05. The van der Waals surface area contributed by atoms with Gasteiger partial charge in [0, 0.05) is 7.11 Å². The lowest BCUT2D eigenvalue weighted by Crippen LogP contribution is -2.44. The van der Waals surface area contributed by atoms with E-state index in [2.05, 4.69) is 58.1 Å².